The molecule has 6 nitrogen and oxygen atoms in total. The maximum absolute atomic E-state index is 13.3. The Balaban J connectivity index is 2.36. The van der Waals surface area contributed by atoms with Gasteiger partial charge in [0.15, 0.2) is 6.04 Å². The molecule has 2 rings (SSSR count). The highest BCUT2D eigenvalue weighted by atomic mass is 16.5. The van der Waals surface area contributed by atoms with Crippen molar-refractivity contribution in [1.82, 2.24) is 0 Å². The number of nitrogens with zero attached hydrogens (tertiary/aromatic N) is 1. The predicted molar refractivity (Wildman–Crippen MR) is 111 cm³/mol. The van der Waals surface area contributed by atoms with E-state index in [1.165, 1.54) is 6.42 Å². The molecule has 1 aliphatic rings. The van der Waals surface area contributed by atoms with E-state index in [1.54, 1.807) is 20.1 Å². The average Bonchev–Trinajstić information content (AvgIpc) is 2.70. The lowest BCUT2D eigenvalue weighted by Crippen LogP contribution is -2.61. The van der Waals surface area contributed by atoms with Crippen LogP contribution in [0.1, 0.15) is 62.4 Å². The third-order valence-corrected chi connectivity index (χ3v) is 5.98. The Morgan fingerprint density at radius 3 is 2.36 bits per heavy atom. The molecule has 0 spiro atoms. The fourth-order valence-corrected chi connectivity index (χ4v) is 4.43. The van der Waals surface area contributed by atoms with Crippen LogP contribution in [0.3, 0.4) is 0 Å². The zero-order chi connectivity index (χ0) is 20.7. The van der Waals surface area contributed by atoms with Crippen LogP contribution in [-0.4, -0.2) is 55.8 Å². The zero-order valence-electron chi connectivity index (χ0n) is 18.0. The Morgan fingerprint density at radius 1 is 1.14 bits per heavy atom. The summed E-state index contributed by atoms with van der Waals surface area (Å²) in [6, 6.07) is 3.33. The largest absolute Gasteiger partial charge is 0.497 e. The molecule has 156 valence electrons. The van der Waals surface area contributed by atoms with Crippen molar-refractivity contribution in [2.45, 2.75) is 59.4 Å². The van der Waals surface area contributed by atoms with Crippen LogP contribution >= 0.6 is 0 Å². The number of anilines is 1. The first-order chi connectivity index (χ1) is 13.4. The summed E-state index contributed by atoms with van der Waals surface area (Å²) >= 11 is 0. The highest BCUT2D eigenvalue weighted by molar-refractivity contribution is 6.03. The summed E-state index contributed by atoms with van der Waals surface area (Å²) in [6.07, 6.45) is 4.33. The van der Waals surface area contributed by atoms with E-state index in [4.69, 9.17) is 9.47 Å². The smallest absolute Gasteiger partial charge is 0.340 e. The quantitative estimate of drug-likeness (QED) is 0.539. The molecular weight excluding hydrogens is 356 g/mol. The standard InChI is InChI=1S/C22H34N2O4/c1-6-19(24(7-2)12-10-9-11-13-24)21(25)23-20-16(4)14-17(27-5)15-18(20)22(26)28-8-3/h14-15,19H,6-13H2,1-5H3/p+1. The number of amides is 1. The SMILES string of the molecule is CCOC(=O)c1cc(OC)cc(C)c1NC(=O)C(CC)[N+]1(CC)CCCCC1. The molecule has 0 aromatic heterocycles. The number of likely N-dealkylation sites (tertiary alicyclic amines) is 1. The molecular formula is C22H35N2O4+. The van der Waals surface area contributed by atoms with Crippen LogP contribution in [0.25, 0.3) is 0 Å². The minimum atomic E-state index is -0.454. The minimum absolute atomic E-state index is 0.0231. The molecule has 0 radical (unpaired) electrons. The van der Waals surface area contributed by atoms with Crippen LogP contribution in [0.2, 0.25) is 0 Å². The van der Waals surface area contributed by atoms with E-state index in [2.05, 4.69) is 19.2 Å². The summed E-state index contributed by atoms with van der Waals surface area (Å²) in [5.74, 6) is 0.0916. The average molecular weight is 392 g/mol. The molecule has 1 aliphatic heterocycles. The van der Waals surface area contributed by atoms with E-state index in [0.717, 1.165) is 48.9 Å². The third-order valence-electron chi connectivity index (χ3n) is 5.98. The maximum Gasteiger partial charge on any atom is 0.340 e. The summed E-state index contributed by atoms with van der Waals surface area (Å²) in [4.78, 5) is 25.8. The normalized spacial score (nSPS) is 16.9. The topological polar surface area (TPSA) is 64.6 Å². The van der Waals surface area contributed by atoms with Gasteiger partial charge in [0.25, 0.3) is 5.91 Å². The Hall–Kier alpha value is -2.08. The number of benzene rings is 1. The van der Waals surface area contributed by atoms with E-state index in [-0.39, 0.29) is 18.6 Å². The van der Waals surface area contributed by atoms with Gasteiger partial charge in [-0.25, -0.2) is 4.79 Å². The number of quaternary nitrogens is 1. The van der Waals surface area contributed by atoms with Crippen molar-refractivity contribution in [3.05, 3.63) is 23.3 Å². The molecule has 28 heavy (non-hydrogen) atoms. The number of methoxy groups -OCH3 is 1. The number of esters is 1. The molecule has 1 aromatic rings. The summed E-state index contributed by atoms with van der Waals surface area (Å²) in [7, 11) is 1.56. The van der Waals surface area contributed by atoms with Gasteiger partial charge in [0, 0.05) is 6.42 Å². The first kappa shape index (κ1) is 22.2. The number of ether oxygens (including phenoxy) is 2. The molecule has 6 heteroatoms. The molecule has 1 aromatic carbocycles. The molecule has 0 bridgehead atoms. The molecule has 1 heterocycles. The van der Waals surface area contributed by atoms with Crippen LogP contribution < -0.4 is 10.1 Å². The van der Waals surface area contributed by atoms with Gasteiger partial charge < -0.3 is 19.3 Å². The molecule has 1 N–H and O–H groups in total. The third kappa shape index (κ3) is 4.66. The number of rotatable bonds is 8. The zero-order valence-corrected chi connectivity index (χ0v) is 18.0. The Bertz CT molecular complexity index is 696. The van der Waals surface area contributed by atoms with Gasteiger partial charge in [-0.1, -0.05) is 6.92 Å². The molecule has 0 saturated carbocycles. The van der Waals surface area contributed by atoms with E-state index in [1.807, 2.05) is 13.0 Å². The van der Waals surface area contributed by atoms with Crippen LogP contribution in [0.15, 0.2) is 12.1 Å². The molecule has 1 amide bonds. The monoisotopic (exact) mass is 391 g/mol. The number of carbonyl (C=O) groups excluding carboxylic acids is 2. The first-order valence-electron chi connectivity index (χ1n) is 10.4. The molecule has 1 atom stereocenters. The van der Waals surface area contributed by atoms with Crippen LogP contribution in [-0.2, 0) is 9.53 Å². The second-order valence-corrected chi connectivity index (χ2v) is 7.54. The number of piperidine rings is 1. The van der Waals surface area contributed by atoms with Gasteiger partial charge in [0.2, 0.25) is 0 Å². The minimum Gasteiger partial charge on any atom is -0.497 e. The summed E-state index contributed by atoms with van der Waals surface area (Å²) < 4.78 is 11.3. The van der Waals surface area contributed by atoms with Gasteiger partial charge in [0.05, 0.1) is 44.6 Å². The van der Waals surface area contributed by atoms with Gasteiger partial charge in [-0.2, -0.15) is 0 Å². The number of carbonyl (C=O) groups is 2. The van der Waals surface area contributed by atoms with Crippen molar-refractivity contribution in [3.8, 4) is 5.75 Å². The van der Waals surface area contributed by atoms with E-state index < -0.39 is 5.97 Å². The first-order valence-corrected chi connectivity index (χ1v) is 10.4. The fraction of sp³-hybridized carbons (Fsp3) is 0.636. The van der Waals surface area contributed by atoms with Crippen molar-refractivity contribution < 1.29 is 23.5 Å². The van der Waals surface area contributed by atoms with Gasteiger partial charge in [-0.15, -0.1) is 0 Å². The number of aryl methyl sites for hydroxylation is 1. The number of hydrogen-bond donors (Lipinski definition) is 1. The lowest BCUT2D eigenvalue weighted by atomic mass is 10.00. The highest BCUT2D eigenvalue weighted by Gasteiger charge is 2.40. The molecule has 1 saturated heterocycles. The van der Waals surface area contributed by atoms with E-state index in [9.17, 15) is 9.59 Å². The Kier molecular flexibility index (Phi) is 7.87. The molecule has 1 unspecified atom stereocenters. The van der Waals surface area contributed by atoms with Crippen molar-refractivity contribution in [2.75, 3.05) is 38.7 Å². The molecule has 0 aliphatic carbocycles. The summed E-state index contributed by atoms with van der Waals surface area (Å²) in [6.45, 7) is 11.2. The maximum atomic E-state index is 13.3. The number of nitrogens with one attached hydrogen (secondary N) is 1. The van der Waals surface area contributed by atoms with Crippen LogP contribution in [0, 0.1) is 6.92 Å². The second-order valence-electron chi connectivity index (χ2n) is 7.54. The van der Waals surface area contributed by atoms with Crippen molar-refractivity contribution in [3.63, 3.8) is 0 Å². The van der Waals surface area contributed by atoms with Gasteiger partial charge in [0.1, 0.15) is 5.75 Å². The highest BCUT2D eigenvalue weighted by Crippen LogP contribution is 2.30. The lowest BCUT2D eigenvalue weighted by Gasteiger charge is -2.45. The fourth-order valence-electron chi connectivity index (χ4n) is 4.43. The van der Waals surface area contributed by atoms with Gasteiger partial charge in [-0.05, 0) is 57.7 Å². The van der Waals surface area contributed by atoms with Gasteiger partial charge in [-0.3, -0.25) is 4.79 Å². The Morgan fingerprint density at radius 2 is 1.82 bits per heavy atom. The second kappa shape index (κ2) is 9.92. The number of hydrogen-bond acceptors (Lipinski definition) is 4. The van der Waals surface area contributed by atoms with Gasteiger partial charge >= 0.3 is 5.97 Å². The Labute approximate surface area is 168 Å². The number of likely N-dealkylation sites (N-methyl/N-ethyl adjacent to an activating group) is 1. The predicted octanol–water partition coefficient (Wildman–Crippen LogP) is 3.92. The lowest BCUT2D eigenvalue weighted by molar-refractivity contribution is -0.945. The van der Waals surface area contributed by atoms with Crippen molar-refractivity contribution >= 4 is 17.6 Å². The van der Waals surface area contributed by atoms with E-state index in [0.29, 0.717) is 17.0 Å². The van der Waals surface area contributed by atoms with Crippen molar-refractivity contribution in [2.24, 2.45) is 0 Å². The summed E-state index contributed by atoms with van der Waals surface area (Å²) in [5.41, 5.74) is 1.64. The van der Waals surface area contributed by atoms with Crippen LogP contribution in [0.5, 0.6) is 5.75 Å². The van der Waals surface area contributed by atoms with E-state index >= 15 is 0 Å². The van der Waals surface area contributed by atoms with Crippen molar-refractivity contribution in [1.29, 1.82) is 0 Å². The molecule has 1 fully saturated rings. The summed E-state index contributed by atoms with van der Waals surface area (Å²) in [5, 5.41) is 3.07. The van der Waals surface area contributed by atoms with Crippen LogP contribution in [0.4, 0.5) is 5.69 Å².